The molecule has 1 heterocycles. The van der Waals surface area contributed by atoms with Crippen LogP contribution in [0.5, 0.6) is 0 Å². The Morgan fingerprint density at radius 2 is 1.93 bits per heavy atom. The molecule has 1 saturated heterocycles. The minimum atomic E-state index is -1.22. The molecule has 2 rings (SSSR count). The van der Waals surface area contributed by atoms with Crippen LogP contribution in [0.25, 0.3) is 0 Å². The Kier molecular flexibility index (Phi) is 7.03. The Morgan fingerprint density at radius 3 is 2.48 bits per heavy atom. The molecule has 1 spiro atoms. The molecule has 2 aliphatic rings. The maximum Gasteiger partial charge on any atom is 0.303 e. The number of rotatable bonds is 5. The summed E-state index contributed by atoms with van der Waals surface area (Å²) in [5.74, 6) is 4.49. The van der Waals surface area contributed by atoms with E-state index in [2.05, 4.69) is 30.6 Å². The van der Waals surface area contributed by atoms with Crippen LogP contribution in [0.2, 0.25) is 0 Å². The molecule has 27 heavy (non-hydrogen) atoms. The molecule has 2 unspecified atom stereocenters. The molecule has 0 N–H and O–H groups in total. The number of ether oxygens (including phenoxy) is 3. The van der Waals surface area contributed by atoms with E-state index in [4.69, 9.17) is 14.2 Å². The molecule has 0 radical (unpaired) electrons. The zero-order chi connectivity index (χ0) is 19.9. The van der Waals surface area contributed by atoms with E-state index in [0.717, 1.165) is 5.57 Å². The van der Waals surface area contributed by atoms with Crippen molar-refractivity contribution in [3.63, 3.8) is 0 Å². The van der Waals surface area contributed by atoms with Gasteiger partial charge in [0, 0.05) is 26.2 Å². The van der Waals surface area contributed by atoms with Crippen LogP contribution in [-0.4, -0.2) is 31.6 Å². The van der Waals surface area contributed by atoms with Gasteiger partial charge in [-0.25, -0.2) is 0 Å². The van der Waals surface area contributed by atoms with E-state index in [9.17, 15) is 15.3 Å². The van der Waals surface area contributed by atoms with E-state index in [0.29, 0.717) is 38.9 Å². The van der Waals surface area contributed by atoms with Gasteiger partial charge in [0.2, 0.25) is 0 Å². The van der Waals surface area contributed by atoms with Crippen LogP contribution in [-0.2, 0) is 19.0 Å². The van der Waals surface area contributed by atoms with E-state index in [1.54, 1.807) is 0 Å². The number of carbonyl (C=O) groups excluding carboxylic acids is 1. The van der Waals surface area contributed by atoms with E-state index in [-0.39, 0.29) is 24.9 Å². The van der Waals surface area contributed by atoms with Crippen LogP contribution in [0.15, 0.2) is 12.2 Å². The van der Waals surface area contributed by atoms with Gasteiger partial charge < -0.3 is 14.2 Å². The standard InChI is InChI=1S/C21H26N2O4/c1-16(2)12-18-13-21(26-10-11-27-21)8-6-19(18)20(14-22,15-23)7-4-5-9-25-17(3)24/h18-19H,1,6-13H2,2-3H3. The van der Waals surface area contributed by atoms with Crippen LogP contribution in [0, 0.1) is 51.8 Å². The van der Waals surface area contributed by atoms with Gasteiger partial charge in [0.05, 0.1) is 25.4 Å². The van der Waals surface area contributed by atoms with Gasteiger partial charge in [0.15, 0.2) is 17.8 Å². The molecule has 1 saturated carbocycles. The number of nitriles is 2. The lowest BCUT2D eigenvalue weighted by atomic mass is 9.61. The Labute approximate surface area is 161 Å². The minimum absolute atomic E-state index is 0.0348. The quantitative estimate of drug-likeness (QED) is 0.419. The average Bonchev–Trinajstić information content (AvgIpc) is 3.06. The second kappa shape index (κ2) is 9.05. The van der Waals surface area contributed by atoms with Crippen LogP contribution >= 0.6 is 0 Å². The molecule has 0 amide bonds. The second-order valence-electron chi connectivity index (χ2n) is 7.38. The third-order valence-corrected chi connectivity index (χ3v) is 5.27. The van der Waals surface area contributed by atoms with Crippen molar-refractivity contribution in [3.05, 3.63) is 12.2 Å². The van der Waals surface area contributed by atoms with Gasteiger partial charge >= 0.3 is 5.97 Å². The summed E-state index contributed by atoms with van der Waals surface area (Å²) >= 11 is 0. The van der Waals surface area contributed by atoms with Crippen LogP contribution < -0.4 is 0 Å². The molecule has 6 heteroatoms. The molecule has 0 aromatic carbocycles. The lowest BCUT2D eigenvalue weighted by Crippen LogP contribution is -2.45. The first-order valence-corrected chi connectivity index (χ1v) is 9.20. The van der Waals surface area contributed by atoms with Crippen molar-refractivity contribution < 1.29 is 19.0 Å². The Balaban J connectivity index is 2.19. The summed E-state index contributed by atoms with van der Waals surface area (Å²) in [4.78, 5) is 10.8. The lowest BCUT2D eigenvalue weighted by molar-refractivity contribution is -0.198. The summed E-state index contributed by atoms with van der Waals surface area (Å²) in [5, 5.41) is 19.7. The third kappa shape index (κ3) is 5.10. The van der Waals surface area contributed by atoms with Gasteiger partial charge in [0.1, 0.15) is 0 Å². The highest BCUT2D eigenvalue weighted by molar-refractivity contribution is 5.66. The Morgan fingerprint density at radius 1 is 1.26 bits per heavy atom. The fourth-order valence-corrected chi connectivity index (χ4v) is 4.12. The summed E-state index contributed by atoms with van der Waals surface area (Å²) in [7, 11) is 0. The summed E-state index contributed by atoms with van der Waals surface area (Å²) in [6.45, 7) is 8.39. The van der Waals surface area contributed by atoms with Crippen molar-refractivity contribution in [1.29, 1.82) is 10.5 Å². The molecule has 0 aromatic rings. The summed E-state index contributed by atoms with van der Waals surface area (Å²) < 4.78 is 16.5. The highest BCUT2D eigenvalue weighted by atomic mass is 16.7. The van der Waals surface area contributed by atoms with Crippen molar-refractivity contribution in [3.8, 4) is 24.0 Å². The maximum absolute atomic E-state index is 10.8. The van der Waals surface area contributed by atoms with Crippen LogP contribution in [0.1, 0.15) is 46.0 Å². The van der Waals surface area contributed by atoms with Crippen molar-refractivity contribution in [2.45, 2.75) is 51.7 Å². The van der Waals surface area contributed by atoms with E-state index in [1.165, 1.54) is 6.92 Å². The van der Waals surface area contributed by atoms with Crippen molar-refractivity contribution in [2.75, 3.05) is 19.8 Å². The summed E-state index contributed by atoms with van der Waals surface area (Å²) in [6.07, 6.45) is 2.80. The van der Waals surface area contributed by atoms with Crippen LogP contribution in [0.4, 0.5) is 0 Å². The fraction of sp³-hybridized carbons (Fsp3) is 0.667. The first kappa shape index (κ1) is 21.0. The van der Waals surface area contributed by atoms with E-state index < -0.39 is 17.2 Å². The first-order chi connectivity index (χ1) is 12.9. The Hall–Kier alpha value is -2.33. The molecular formula is C21H26N2O4. The molecule has 1 aliphatic heterocycles. The molecule has 2 atom stereocenters. The first-order valence-electron chi connectivity index (χ1n) is 9.20. The van der Waals surface area contributed by atoms with Gasteiger partial charge in [-0.3, -0.25) is 4.79 Å². The monoisotopic (exact) mass is 370 g/mol. The number of carbonyl (C=O) groups is 1. The molecule has 2 fully saturated rings. The van der Waals surface area contributed by atoms with Gasteiger partial charge in [-0.05, 0) is 31.6 Å². The fourth-order valence-electron chi connectivity index (χ4n) is 4.12. The second-order valence-corrected chi connectivity index (χ2v) is 7.38. The number of allylic oxidation sites excluding steroid dienone is 1. The zero-order valence-corrected chi connectivity index (χ0v) is 16.0. The maximum atomic E-state index is 10.8. The molecule has 1 aliphatic carbocycles. The number of esters is 1. The van der Waals surface area contributed by atoms with E-state index in [1.807, 2.05) is 6.92 Å². The van der Waals surface area contributed by atoms with Gasteiger partial charge in [-0.15, -0.1) is 6.58 Å². The topological polar surface area (TPSA) is 92.3 Å². The molecule has 144 valence electrons. The third-order valence-electron chi connectivity index (χ3n) is 5.27. The van der Waals surface area contributed by atoms with E-state index >= 15 is 0 Å². The van der Waals surface area contributed by atoms with Gasteiger partial charge in [0.25, 0.3) is 0 Å². The normalized spacial score (nSPS) is 23.6. The smallest absolute Gasteiger partial charge is 0.303 e. The van der Waals surface area contributed by atoms with Crippen LogP contribution in [0.3, 0.4) is 0 Å². The zero-order valence-electron chi connectivity index (χ0n) is 16.0. The number of nitrogens with zero attached hydrogens (tertiary/aromatic N) is 2. The largest absolute Gasteiger partial charge is 0.453 e. The highest BCUT2D eigenvalue weighted by Crippen LogP contribution is 2.50. The number of hydrogen-bond donors (Lipinski definition) is 0. The summed E-state index contributed by atoms with van der Waals surface area (Å²) in [5.41, 5.74) is -0.213. The van der Waals surface area contributed by atoms with Gasteiger partial charge in [-0.2, -0.15) is 10.5 Å². The lowest BCUT2D eigenvalue weighted by Gasteiger charge is -2.44. The van der Waals surface area contributed by atoms with Crippen molar-refractivity contribution >= 4 is 5.97 Å². The Bertz CT molecular complexity index is 699. The highest BCUT2D eigenvalue weighted by Gasteiger charge is 2.52. The molecule has 6 nitrogen and oxygen atoms in total. The predicted octanol–water partition coefficient (Wildman–Crippen LogP) is 3.10. The predicted molar refractivity (Wildman–Crippen MR) is 97.6 cm³/mol. The van der Waals surface area contributed by atoms with Crippen molar-refractivity contribution in [1.82, 2.24) is 0 Å². The van der Waals surface area contributed by atoms with Crippen molar-refractivity contribution in [2.24, 2.45) is 17.3 Å². The molecule has 0 aromatic heterocycles. The minimum Gasteiger partial charge on any atom is -0.453 e. The number of hydrogen-bond acceptors (Lipinski definition) is 6. The molecular weight excluding hydrogens is 344 g/mol. The molecule has 0 bridgehead atoms. The SMILES string of the molecule is C=C(C)CC1CC2(CCC1C(C#N)(C#N)CC#CCOC(C)=O)OCCO2. The average molecular weight is 370 g/mol. The van der Waals surface area contributed by atoms with Gasteiger partial charge in [-0.1, -0.05) is 17.4 Å². The summed E-state index contributed by atoms with van der Waals surface area (Å²) in [6, 6.07) is 4.47.